The third kappa shape index (κ3) is 7.97. The second kappa shape index (κ2) is 13.8. The van der Waals surface area contributed by atoms with E-state index in [0.29, 0.717) is 34.7 Å². The standard InChI is InChI=1S/C31H29F3N4O4/c1-3-41-28(39)17-26(30(40)42-4-2)36-18-20-10-13-23(14-11-20)35-19-27-29(21-8-6-5-7-9-21)38-25-16-22(31(32,33)34)12-15-24(25)37-27/h5-16,19,26,36H,3-4,17-18H2,1-2H3. The van der Waals surface area contributed by atoms with Crippen molar-refractivity contribution >= 4 is 34.9 Å². The molecule has 0 spiro atoms. The highest BCUT2D eigenvalue weighted by Crippen LogP contribution is 2.32. The fraction of sp³-hybridized carbons (Fsp3) is 0.258. The summed E-state index contributed by atoms with van der Waals surface area (Å²) < 4.78 is 49.8. The quantitative estimate of drug-likeness (QED) is 0.171. The molecule has 1 unspecified atom stereocenters. The first-order valence-corrected chi connectivity index (χ1v) is 13.3. The number of aliphatic imine (C=N–C) groups is 1. The predicted octanol–water partition coefficient (Wildman–Crippen LogP) is 6.04. The van der Waals surface area contributed by atoms with Crippen LogP contribution in [0.5, 0.6) is 0 Å². The van der Waals surface area contributed by atoms with E-state index in [1.54, 1.807) is 50.2 Å². The van der Waals surface area contributed by atoms with Crippen LogP contribution in [-0.2, 0) is 31.8 Å². The highest BCUT2D eigenvalue weighted by Gasteiger charge is 2.31. The van der Waals surface area contributed by atoms with Gasteiger partial charge in [0.2, 0.25) is 0 Å². The number of carbonyl (C=O) groups is 2. The van der Waals surface area contributed by atoms with Gasteiger partial charge in [-0.1, -0.05) is 42.5 Å². The molecule has 42 heavy (non-hydrogen) atoms. The van der Waals surface area contributed by atoms with E-state index in [1.807, 2.05) is 18.2 Å². The summed E-state index contributed by atoms with van der Waals surface area (Å²) >= 11 is 0. The van der Waals surface area contributed by atoms with Crippen molar-refractivity contribution in [1.29, 1.82) is 0 Å². The van der Waals surface area contributed by atoms with Gasteiger partial charge in [-0.3, -0.25) is 19.9 Å². The van der Waals surface area contributed by atoms with Crippen molar-refractivity contribution in [1.82, 2.24) is 15.3 Å². The zero-order chi connectivity index (χ0) is 30.1. The Hall–Kier alpha value is -4.64. The van der Waals surface area contributed by atoms with Crippen molar-refractivity contribution in [3.8, 4) is 11.3 Å². The molecule has 1 atom stereocenters. The second-order valence-corrected chi connectivity index (χ2v) is 9.14. The minimum Gasteiger partial charge on any atom is -0.466 e. The molecule has 0 saturated heterocycles. The molecule has 4 rings (SSSR count). The number of hydrogen-bond donors (Lipinski definition) is 1. The van der Waals surface area contributed by atoms with Crippen LogP contribution in [-0.4, -0.2) is 47.4 Å². The maximum atomic E-state index is 13.3. The maximum Gasteiger partial charge on any atom is 0.416 e. The number of halogens is 3. The largest absolute Gasteiger partial charge is 0.466 e. The minimum atomic E-state index is -4.49. The summed E-state index contributed by atoms with van der Waals surface area (Å²) in [7, 11) is 0. The topological polar surface area (TPSA) is 103 Å². The molecule has 1 heterocycles. The first-order chi connectivity index (χ1) is 20.2. The molecule has 1 aromatic heterocycles. The number of ether oxygens (including phenoxy) is 2. The molecule has 0 amide bonds. The summed E-state index contributed by atoms with van der Waals surface area (Å²) in [5.74, 6) is -1.03. The van der Waals surface area contributed by atoms with E-state index in [0.717, 1.165) is 17.7 Å². The normalized spacial score (nSPS) is 12.4. The van der Waals surface area contributed by atoms with E-state index in [-0.39, 0.29) is 25.2 Å². The highest BCUT2D eigenvalue weighted by atomic mass is 19.4. The first-order valence-electron chi connectivity index (χ1n) is 13.3. The Morgan fingerprint density at radius 1 is 0.929 bits per heavy atom. The SMILES string of the molecule is CCOC(=O)CC(NCc1ccc(N=Cc2nc3ccc(C(F)(F)F)cc3nc2-c2ccccc2)cc1)C(=O)OCC. The zero-order valence-electron chi connectivity index (χ0n) is 23.0. The molecule has 0 bridgehead atoms. The molecule has 0 aliphatic heterocycles. The Balaban J connectivity index is 1.54. The summed E-state index contributed by atoms with van der Waals surface area (Å²) in [6.45, 7) is 4.08. The van der Waals surface area contributed by atoms with Gasteiger partial charge >= 0.3 is 18.1 Å². The van der Waals surface area contributed by atoms with Crippen LogP contribution in [0.25, 0.3) is 22.3 Å². The molecule has 11 heteroatoms. The van der Waals surface area contributed by atoms with Gasteiger partial charge in [0.1, 0.15) is 11.7 Å². The number of hydrogen-bond acceptors (Lipinski definition) is 8. The van der Waals surface area contributed by atoms with Crippen molar-refractivity contribution in [2.24, 2.45) is 4.99 Å². The number of aromatic nitrogens is 2. The number of benzene rings is 3. The van der Waals surface area contributed by atoms with E-state index < -0.39 is 29.7 Å². The third-order valence-corrected chi connectivity index (χ3v) is 6.14. The molecule has 1 N–H and O–H groups in total. The number of nitrogens with zero attached hydrogens (tertiary/aromatic N) is 3. The predicted molar refractivity (Wildman–Crippen MR) is 152 cm³/mol. The lowest BCUT2D eigenvalue weighted by Gasteiger charge is -2.16. The van der Waals surface area contributed by atoms with Gasteiger partial charge in [0.15, 0.2) is 0 Å². The Morgan fingerprint density at radius 3 is 2.31 bits per heavy atom. The van der Waals surface area contributed by atoms with E-state index in [2.05, 4.69) is 20.3 Å². The van der Waals surface area contributed by atoms with Crippen molar-refractivity contribution in [3.05, 3.63) is 89.6 Å². The lowest BCUT2D eigenvalue weighted by Crippen LogP contribution is -2.39. The van der Waals surface area contributed by atoms with Crippen LogP contribution in [0, 0.1) is 0 Å². The van der Waals surface area contributed by atoms with E-state index in [4.69, 9.17) is 9.47 Å². The van der Waals surface area contributed by atoms with Crippen LogP contribution in [0.4, 0.5) is 18.9 Å². The monoisotopic (exact) mass is 578 g/mol. The number of carbonyl (C=O) groups excluding carboxylic acids is 2. The summed E-state index contributed by atoms with van der Waals surface area (Å²) in [6.07, 6.45) is -3.12. The Bertz CT molecular complexity index is 1560. The molecule has 0 fully saturated rings. The average Bonchev–Trinajstić information content (AvgIpc) is 2.98. The molecule has 0 aliphatic carbocycles. The summed E-state index contributed by atoms with van der Waals surface area (Å²) in [4.78, 5) is 37.8. The first kappa shape index (κ1) is 30.3. The average molecular weight is 579 g/mol. The fourth-order valence-electron chi connectivity index (χ4n) is 4.09. The summed E-state index contributed by atoms with van der Waals surface area (Å²) in [5, 5.41) is 3.04. The van der Waals surface area contributed by atoms with Crippen molar-refractivity contribution in [2.45, 2.75) is 39.0 Å². The molecule has 4 aromatic rings. The van der Waals surface area contributed by atoms with Crippen molar-refractivity contribution < 1.29 is 32.2 Å². The fourth-order valence-corrected chi connectivity index (χ4v) is 4.09. The smallest absolute Gasteiger partial charge is 0.416 e. The number of esters is 2. The van der Waals surface area contributed by atoms with E-state index >= 15 is 0 Å². The van der Waals surface area contributed by atoms with Crippen LogP contribution in [0.3, 0.4) is 0 Å². The molecule has 0 radical (unpaired) electrons. The lowest BCUT2D eigenvalue weighted by atomic mass is 10.1. The van der Waals surface area contributed by atoms with Gasteiger partial charge < -0.3 is 9.47 Å². The van der Waals surface area contributed by atoms with Crippen LogP contribution >= 0.6 is 0 Å². The zero-order valence-corrected chi connectivity index (χ0v) is 23.0. The number of fused-ring (bicyclic) bond motifs is 1. The number of nitrogens with one attached hydrogen (secondary N) is 1. The molecule has 0 aliphatic rings. The highest BCUT2D eigenvalue weighted by molar-refractivity contribution is 5.92. The molecule has 3 aromatic carbocycles. The minimum absolute atomic E-state index is 0.127. The molecular weight excluding hydrogens is 549 g/mol. The Labute approximate surface area is 240 Å². The van der Waals surface area contributed by atoms with Gasteiger partial charge in [-0.25, -0.2) is 9.97 Å². The second-order valence-electron chi connectivity index (χ2n) is 9.14. The van der Waals surface area contributed by atoms with Gasteiger partial charge in [0.25, 0.3) is 0 Å². The van der Waals surface area contributed by atoms with Crippen LogP contribution < -0.4 is 5.32 Å². The van der Waals surface area contributed by atoms with Crippen LogP contribution in [0.1, 0.15) is 37.1 Å². The molecule has 0 saturated carbocycles. The summed E-state index contributed by atoms with van der Waals surface area (Å²) in [6, 6.07) is 18.6. The van der Waals surface area contributed by atoms with Gasteiger partial charge in [0, 0.05) is 12.1 Å². The number of rotatable bonds is 11. The van der Waals surface area contributed by atoms with Gasteiger partial charge in [-0.05, 0) is 49.7 Å². The van der Waals surface area contributed by atoms with Gasteiger partial charge in [0.05, 0.1) is 53.8 Å². The molecule has 8 nitrogen and oxygen atoms in total. The lowest BCUT2D eigenvalue weighted by molar-refractivity contribution is -0.152. The summed E-state index contributed by atoms with van der Waals surface area (Å²) in [5.41, 5.74) is 2.56. The Kier molecular flexibility index (Phi) is 9.98. The maximum absolute atomic E-state index is 13.3. The van der Waals surface area contributed by atoms with E-state index in [1.165, 1.54) is 12.3 Å². The van der Waals surface area contributed by atoms with Crippen LogP contribution in [0.15, 0.2) is 77.8 Å². The number of alkyl halides is 3. The van der Waals surface area contributed by atoms with Crippen LogP contribution in [0.2, 0.25) is 0 Å². The molecular formula is C31H29F3N4O4. The van der Waals surface area contributed by atoms with Crippen molar-refractivity contribution in [3.63, 3.8) is 0 Å². The van der Waals surface area contributed by atoms with Crippen molar-refractivity contribution in [2.75, 3.05) is 13.2 Å². The Morgan fingerprint density at radius 2 is 1.64 bits per heavy atom. The van der Waals surface area contributed by atoms with E-state index in [9.17, 15) is 22.8 Å². The van der Waals surface area contributed by atoms with Gasteiger partial charge in [-0.2, -0.15) is 13.2 Å². The third-order valence-electron chi connectivity index (χ3n) is 6.14. The van der Waals surface area contributed by atoms with Gasteiger partial charge in [-0.15, -0.1) is 0 Å². The molecule has 218 valence electrons.